The molecule has 1 aliphatic heterocycles. The van der Waals surface area contributed by atoms with Crippen molar-refractivity contribution in [1.29, 1.82) is 0 Å². The Morgan fingerprint density at radius 1 is 1.11 bits per heavy atom. The summed E-state index contributed by atoms with van der Waals surface area (Å²) >= 11 is 0. The van der Waals surface area contributed by atoms with Crippen molar-refractivity contribution in [2.75, 3.05) is 38.4 Å². The van der Waals surface area contributed by atoms with E-state index in [-0.39, 0.29) is 16.6 Å². The lowest BCUT2D eigenvalue weighted by atomic mass is 10.1. The second kappa shape index (κ2) is 11.0. The van der Waals surface area contributed by atoms with Crippen molar-refractivity contribution < 1.29 is 13.9 Å². The summed E-state index contributed by atoms with van der Waals surface area (Å²) in [6.07, 6.45) is 3.34. The highest BCUT2D eigenvalue weighted by atomic mass is 28.4. The summed E-state index contributed by atoms with van der Waals surface area (Å²) in [4.78, 5) is 20.4. The Labute approximate surface area is 221 Å². The van der Waals surface area contributed by atoms with E-state index in [1.54, 1.807) is 18.0 Å². The van der Waals surface area contributed by atoms with E-state index >= 15 is 0 Å². The lowest BCUT2D eigenvalue weighted by Gasteiger charge is -2.37. The molecule has 200 valence electrons. The molecule has 3 aromatic rings. The molecule has 0 unspecified atom stereocenters. The first-order valence-corrected chi connectivity index (χ1v) is 16.1. The van der Waals surface area contributed by atoms with Gasteiger partial charge in [-0.3, -0.25) is 9.36 Å². The Kier molecular flexibility index (Phi) is 8.11. The van der Waals surface area contributed by atoms with Crippen LogP contribution in [-0.2, 0) is 9.16 Å². The van der Waals surface area contributed by atoms with Gasteiger partial charge in [-0.15, -0.1) is 0 Å². The lowest BCUT2D eigenvalue weighted by molar-refractivity contribution is 0.0685. The highest BCUT2D eigenvalue weighted by Crippen LogP contribution is 2.37. The fourth-order valence-corrected chi connectivity index (χ4v) is 5.57. The van der Waals surface area contributed by atoms with Gasteiger partial charge in [0.2, 0.25) is 0 Å². The molecule has 37 heavy (non-hydrogen) atoms. The average Bonchev–Trinajstić information content (AvgIpc) is 2.86. The maximum absolute atomic E-state index is 13.6. The maximum Gasteiger partial charge on any atom is 0.261 e. The molecule has 1 aliphatic rings. The molecule has 1 saturated heterocycles. The predicted octanol–water partition coefficient (Wildman–Crippen LogP) is 6.22. The largest absolute Gasteiger partial charge is 0.497 e. The molecule has 2 aromatic carbocycles. The molecule has 0 aliphatic carbocycles. The number of nitrogens with zero attached hydrogens (tertiary/aromatic N) is 3. The highest BCUT2D eigenvalue weighted by Gasteiger charge is 2.37. The van der Waals surface area contributed by atoms with E-state index < -0.39 is 8.32 Å². The van der Waals surface area contributed by atoms with Crippen LogP contribution in [0.25, 0.3) is 10.9 Å². The number of hydrogen-bond donors (Lipinski definition) is 0. The van der Waals surface area contributed by atoms with Crippen LogP contribution in [0.1, 0.15) is 45.2 Å². The Balaban J connectivity index is 1.73. The van der Waals surface area contributed by atoms with Gasteiger partial charge in [-0.25, -0.2) is 4.98 Å². The van der Waals surface area contributed by atoms with Crippen LogP contribution in [0.15, 0.2) is 47.5 Å². The molecule has 7 nitrogen and oxygen atoms in total. The van der Waals surface area contributed by atoms with Crippen LogP contribution in [0.3, 0.4) is 0 Å². The molecule has 2 heterocycles. The zero-order valence-corrected chi connectivity index (χ0v) is 24.3. The molecule has 0 bridgehead atoms. The predicted molar refractivity (Wildman–Crippen MR) is 153 cm³/mol. The van der Waals surface area contributed by atoms with Crippen molar-refractivity contribution in [1.82, 2.24) is 9.55 Å². The number of methoxy groups -OCH3 is 1. The second-order valence-corrected chi connectivity index (χ2v) is 16.3. The third-order valence-electron chi connectivity index (χ3n) is 7.83. The first-order valence-electron chi connectivity index (χ1n) is 13.2. The van der Waals surface area contributed by atoms with Crippen LogP contribution in [-0.4, -0.2) is 51.3 Å². The van der Waals surface area contributed by atoms with E-state index in [0.29, 0.717) is 37.3 Å². The topological polar surface area (TPSA) is 65.8 Å². The van der Waals surface area contributed by atoms with Crippen LogP contribution in [0.5, 0.6) is 5.75 Å². The fourth-order valence-electron chi connectivity index (χ4n) is 4.53. The average molecular weight is 524 g/mol. The van der Waals surface area contributed by atoms with Gasteiger partial charge in [0.25, 0.3) is 5.56 Å². The number of aryl methyl sites for hydroxylation is 1. The van der Waals surface area contributed by atoms with Crippen LogP contribution in [0.2, 0.25) is 18.1 Å². The van der Waals surface area contributed by atoms with Crippen molar-refractivity contribution >= 4 is 30.6 Å². The first-order chi connectivity index (χ1) is 17.5. The zero-order valence-electron chi connectivity index (χ0n) is 23.3. The number of benzene rings is 2. The maximum atomic E-state index is 13.6. The van der Waals surface area contributed by atoms with Gasteiger partial charge in [-0.2, -0.15) is 0 Å². The monoisotopic (exact) mass is 523 g/mol. The summed E-state index contributed by atoms with van der Waals surface area (Å²) < 4.78 is 19.4. The van der Waals surface area contributed by atoms with E-state index in [0.717, 1.165) is 35.5 Å². The van der Waals surface area contributed by atoms with E-state index in [9.17, 15) is 4.79 Å². The van der Waals surface area contributed by atoms with Gasteiger partial charge < -0.3 is 18.8 Å². The summed E-state index contributed by atoms with van der Waals surface area (Å²) in [5.74, 6) is 0.801. The van der Waals surface area contributed by atoms with Crippen LogP contribution < -0.4 is 15.2 Å². The molecule has 1 fully saturated rings. The van der Waals surface area contributed by atoms with Crippen molar-refractivity contribution in [3.8, 4) is 5.75 Å². The summed E-state index contributed by atoms with van der Waals surface area (Å²) in [7, 11) is -0.222. The number of anilines is 2. The molecular formula is C29H41N3O4Si. The van der Waals surface area contributed by atoms with Gasteiger partial charge in [0.15, 0.2) is 8.32 Å². The minimum absolute atomic E-state index is 0.00181. The van der Waals surface area contributed by atoms with E-state index in [1.165, 1.54) is 0 Å². The third kappa shape index (κ3) is 6.08. The molecule has 0 spiro atoms. The SMILES string of the molecule is COc1cc(C)cc(N(CCO[Si](C)(C)C(C)(C)C)c2ccc3ncn(C4CCOCC4)c(=O)c3c2)c1. The fraction of sp³-hybridized carbons (Fsp3) is 0.517. The van der Waals surface area contributed by atoms with E-state index in [2.05, 4.69) is 56.7 Å². The van der Waals surface area contributed by atoms with Gasteiger partial charge >= 0.3 is 0 Å². The second-order valence-electron chi connectivity index (χ2n) is 11.5. The Bertz CT molecular complexity index is 1290. The zero-order chi connectivity index (χ0) is 26.8. The number of ether oxygens (including phenoxy) is 2. The minimum atomic E-state index is -1.91. The van der Waals surface area contributed by atoms with Gasteiger partial charge in [0.05, 0.1) is 30.9 Å². The number of fused-ring (bicyclic) bond motifs is 1. The molecule has 0 atom stereocenters. The molecule has 0 saturated carbocycles. The molecule has 0 radical (unpaired) electrons. The Morgan fingerprint density at radius 2 is 1.84 bits per heavy atom. The van der Waals surface area contributed by atoms with Crippen molar-refractivity contribution in [2.24, 2.45) is 0 Å². The minimum Gasteiger partial charge on any atom is -0.497 e. The molecule has 0 N–H and O–H groups in total. The van der Waals surface area contributed by atoms with Crippen molar-refractivity contribution in [3.63, 3.8) is 0 Å². The van der Waals surface area contributed by atoms with Gasteiger partial charge in [-0.05, 0) is 73.8 Å². The molecular weight excluding hydrogens is 482 g/mol. The summed E-state index contributed by atoms with van der Waals surface area (Å²) in [5.41, 5.74) is 3.75. The molecule has 8 heteroatoms. The normalized spacial score (nSPS) is 15.2. The van der Waals surface area contributed by atoms with Gasteiger partial charge in [0.1, 0.15) is 5.75 Å². The lowest BCUT2D eigenvalue weighted by Crippen LogP contribution is -2.42. The van der Waals surface area contributed by atoms with Crippen LogP contribution >= 0.6 is 0 Å². The summed E-state index contributed by atoms with van der Waals surface area (Å²) in [6, 6.07) is 12.3. The number of hydrogen-bond acceptors (Lipinski definition) is 6. The van der Waals surface area contributed by atoms with Gasteiger partial charge in [0, 0.05) is 43.2 Å². The quantitative estimate of drug-likeness (QED) is 0.326. The summed E-state index contributed by atoms with van der Waals surface area (Å²) in [6.45, 7) is 15.9. The van der Waals surface area contributed by atoms with E-state index in [4.69, 9.17) is 13.9 Å². The molecule has 1 aromatic heterocycles. The summed E-state index contributed by atoms with van der Waals surface area (Å²) in [5, 5.41) is 0.759. The standard InChI is InChI=1S/C29H41N3O4Si/c1-21-16-24(18-25(17-21)34-5)31(12-15-36-37(6,7)29(2,3)4)23-8-9-27-26(19-23)28(33)32(20-30-27)22-10-13-35-14-11-22/h8-9,16-20,22H,10-15H2,1-7H3. The molecule has 0 amide bonds. The smallest absolute Gasteiger partial charge is 0.261 e. The first kappa shape index (κ1) is 27.4. The Morgan fingerprint density at radius 3 is 2.51 bits per heavy atom. The number of rotatable bonds is 8. The van der Waals surface area contributed by atoms with Crippen molar-refractivity contribution in [2.45, 2.75) is 64.7 Å². The number of aromatic nitrogens is 2. The third-order valence-corrected chi connectivity index (χ3v) is 12.4. The van der Waals surface area contributed by atoms with Crippen molar-refractivity contribution in [3.05, 3.63) is 58.6 Å². The van der Waals surface area contributed by atoms with Crippen LogP contribution in [0.4, 0.5) is 11.4 Å². The van der Waals surface area contributed by atoms with Gasteiger partial charge in [-0.1, -0.05) is 20.8 Å². The highest BCUT2D eigenvalue weighted by molar-refractivity contribution is 6.74. The van der Waals surface area contributed by atoms with E-state index in [1.807, 2.05) is 30.3 Å². The molecule has 4 rings (SSSR count). The van der Waals surface area contributed by atoms with Crippen LogP contribution in [0, 0.1) is 6.92 Å². The Hall–Kier alpha value is -2.68.